The van der Waals surface area contributed by atoms with Crippen LogP contribution in [0.3, 0.4) is 0 Å². The third-order valence-corrected chi connectivity index (χ3v) is 9.10. The molecule has 0 N–H and O–H groups in total. The van der Waals surface area contributed by atoms with Crippen molar-refractivity contribution in [2.24, 2.45) is 0 Å². The Morgan fingerprint density at radius 3 is 2.76 bits per heavy atom. The topological polar surface area (TPSA) is 88.8 Å². The van der Waals surface area contributed by atoms with Crippen LogP contribution in [0.1, 0.15) is 36.1 Å². The van der Waals surface area contributed by atoms with Crippen LogP contribution in [-0.4, -0.2) is 82.5 Å². The summed E-state index contributed by atoms with van der Waals surface area (Å²) in [6.07, 6.45) is 3.84. The molecule has 0 saturated carbocycles. The molecule has 42 heavy (non-hydrogen) atoms. The molecule has 2 unspecified atom stereocenters. The van der Waals surface area contributed by atoms with Crippen LogP contribution in [0.2, 0.25) is 5.02 Å². The number of aromatic nitrogens is 2. The Labute approximate surface area is 251 Å². The largest absolute Gasteiger partial charge is 0.462 e. The molecule has 3 aromatic rings. The number of hydrogen-bond acceptors (Lipinski definition) is 8. The van der Waals surface area contributed by atoms with E-state index in [1.165, 1.54) is 18.1 Å². The van der Waals surface area contributed by atoms with Crippen LogP contribution in [0.4, 0.5) is 5.82 Å². The minimum Gasteiger partial charge on any atom is -0.462 e. The quantitative estimate of drug-likeness (QED) is 0.360. The number of nitrogens with zero attached hydrogens (tertiary/aromatic N) is 7. The molecule has 10 heteroatoms. The van der Waals surface area contributed by atoms with Crippen molar-refractivity contribution >= 4 is 34.1 Å². The first kappa shape index (κ1) is 28.4. The summed E-state index contributed by atoms with van der Waals surface area (Å²) in [6, 6.07) is 15.1. The second-order valence-electron chi connectivity index (χ2n) is 11.4. The van der Waals surface area contributed by atoms with E-state index in [1.54, 1.807) is 4.90 Å². The molecule has 218 valence electrons. The van der Waals surface area contributed by atoms with E-state index in [0.29, 0.717) is 51.4 Å². The smallest absolute Gasteiger partial charge is 0.318 e. The lowest BCUT2D eigenvalue weighted by molar-refractivity contribution is -0.128. The molecule has 2 aromatic carbocycles. The zero-order valence-electron chi connectivity index (χ0n) is 24.0. The summed E-state index contributed by atoms with van der Waals surface area (Å²) in [6.45, 7) is 8.96. The second-order valence-corrected chi connectivity index (χ2v) is 11.8. The van der Waals surface area contributed by atoms with Gasteiger partial charge in [-0.15, -0.1) is 0 Å². The number of rotatable bonds is 8. The maximum absolute atomic E-state index is 12.5. The van der Waals surface area contributed by atoms with E-state index in [2.05, 4.69) is 58.7 Å². The molecule has 3 aliphatic heterocycles. The van der Waals surface area contributed by atoms with E-state index in [-0.39, 0.29) is 18.4 Å². The normalized spacial score (nSPS) is 21.0. The number of hydrogen-bond donors (Lipinski definition) is 0. The number of likely N-dealkylation sites (tertiary alicyclic amines) is 1. The highest BCUT2D eigenvalue weighted by Crippen LogP contribution is 2.35. The van der Waals surface area contributed by atoms with Crippen LogP contribution in [-0.2, 0) is 24.4 Å². The zero-order valence-corrected chi connectivity index (χ0v) is 24.8. The predicted octanol–water partition coefficient (Wildman–Crippen LogP) is 4.39. The van der Waals surface area contributed by atoms with E-state index in [9.17, 15) is 10.1 Å². The monoisotopic (exact) mass is 585 g/mol. The van der Waals surface area contributed by atoms with Gasteiger partial charge in [-0.2, -0.15) is 15.2 Å². The van der Waals surface area contributed by atoms with Crippen molar-refractivity contribution in [2.75, 3.05) is 44.7 Å². The fourth-order valence-corrected chi connectivity index (χ4v) is 6.86. The predicted molar refractivity (Wildman–Crippen MR) is 163 cm³/mol. The first-order chi connectivity index (χ1) is 20.4. The van der Waals surface area contributed by atoms with Gasteiger partial charge >= 0.3 is 6.01 Å². The lowest BCUT2D eigenvalue weighted by Gasteiger charge is -2.41. The summed E-state index contributed by atoms with van der Waals surface area (Å²) in [5, 5.41) is 12.5. The number of ether oxygens (including phenoxy) is 1. The van der Waals surface area contributed by atoms with Crippen LogP contribution < -0.4 is 9.64 Å². The van der Waals surface area contributed by atoms with Crippen LogP contribution in [0, 0.1) is 11.3 Å². The SMILES string of the molecule is C=CC(=O)N1CCN(c2nc(OCC3CCCN3C)nc3c2CN(Cc2cccc4cccc(Cl)c24)C3)CC1CC#N. The first-order valence-corrected chi connectivity index (χ1v) is 15.0. The van der Waals surface area contributed by atoms with Gasteiger partial charge in [-0.3, -0.25) is 9.69 Å². The van der Waals surface area contributed by atoms with Gasteiger partial charge in [0.05, 0.1) is 24.2 Å². The van der Waals surface area contributed by atoms with Gasteiger partial charge in [-0.05, 0) is 49.5 Å². The van der Waals surface area contributed by atoms with Crippen molar-refractivity contribution < 1.29 is 9.53 Å². The minimum absolute atomic E-state index is 0.146. The lowest BCUT2D eigenvalue weighted by atomic mass is 10.0. The number of anilines is 1. The number of nitriles is 1. The van der Waals surface area contributed by atoms with Gasteiger partial charge < -0.3 is 19.4 Å². The van der Waals surface area contributed by atoms with Crippen molar-refractivity contribution in [3.63, 3.8) is 0 Å². The third kappa shape index (κ3) is 5.67. The van der Waals surface area contributed by atoms with E-state index >= 15 is 0 Å². The number of piperazine rings is 1. The molecule has 9 nitrogen and oxygen atoms in total. The molecule has 1 amide bonds. The van der Waals surface area contributed by atoms with E-state index < -0.39 is 0 Å². The van der Waals surface area contributed by atoms with Gasteiger partial charge in [0.2, 0.25) is 5.91 Å². The Bertz CT molecular complexity index is 1530. The third-order valence-electron chi connectivity index (χ3n) is 8.78. The van der Waals surface area contributed by atoms with Gasteiger partial charge in [-0.1, -0.05) is 48.5 Å². The minimum atomic E-state index is -0.244. The molecule has 0 radical (unpaired) electrons. The zero-order chi connectivity index (χ0) is 29.2. The summed E-state index contributed by atoms with van der Waals surface area (Å²) in [5.41, 5.74) is 3.21. The first-order valence-electron chi connectivity index (χ1n) is 14.6. The molecule has 0 spiro atoms. The Hall–Kier alpha value is -3.71. The summed E-state index contributed by atoms with van der Waals surface area (Å²) in [4.78, 5) is 31.0. The van der Waals surface area contributed by atoms with Crippen LogP contribution >= 0.6 is 11.6 Å². The highest BCUT2D eigenvalue weighted by molar-refractivity contribution is 6.35. The summed E-state index contributed by atoms with van der Waals surface area (Å²) in [7, 11) is 2.13. The average molecular weight is 586 g/mol. The van der Waals surface area contributed by atoms with Crippen LogP contribution in [0.15, 0.2) is 49.1 Å². The van der Waals surface area contributed by atoms with Gasteiger partial charge in [0.1, 0.15) is 12.4 Å². The Morgan fingerprint density at radius 1 is 1.17 bits per heavy atom. The fourth-order valence-electron chi connectivity index (χ4n) is 6.56. The molecule has 2 saturated heterocycles. The van der Waals surface area contributed by atoms with Crippen molar-refractivity contribution in [2.45, 2.75) is 51.0 Å². The van der Waals surface area contributed by atoms with E-state index in [4.69, 9.17) is 26.3 Å². The molecule has 4 heterocycles. The maximum Gasteiger partial charge on any atom is 0.318 e. The molecule has 3 aliphatic rings. The maximum atomic E-state index is 12.5. The number of benzene rings is 2. The molecular weight excluding hydrogens is 550 g/mol. The van der Waals surface area contributed by atoms with E-state index in [0.717, 1.165) is 52.4 Å². The van der Waals surface area contributed by atoms with Crippen LogP contribution in [0.25, 0.3) is 10.8 Å². The van der Waals surface area contributed by atoms with Crippen molar-refractivity contribution in [3.05, 3.63) is 70.9 Å². The summed E-state index contributed by atoms with van der Waals surface area (Å²) >= 11 is 6.64. The number of carbonyl (C=O) groups is 1. The Morgan fingerprint density at radius 2 is 2.00 bits per heavy atom. The average Bonchev–Trinajstić information content (AvgIpc) is 3.60. The molecule has 0 bridgehead atoms. The highest BCUT2D eigenvalue weighted by Gasteiger charge is 2.34. The van der Waals surface area contributed by atoms with Gasteiger partial charge in [0.25, 0.3) is 0 Å². The van der Waals surface area contributed by atoms with Crippen molar-refractivity contribution in [1.82, 2.24) is 24.7 Å². The Balaban J connectivity index is 1.29. The molecule has 2 atom stereocenters. The van der Waals surface area contributed by atoms with Gasteiger partial charge in [0.15, 0.2) is 0 Å². The lowest BCUT2D eigenvalue weighted by Crippen LogP contribution is -2.55. The standard InChI is InChI=1S/C32H36ClN7O2/c1-3-29(41)40-16-15-39(18-24(40)12-13-34)31-26-19-38(17-23-9-4-7-22-8-5-11-27(33)30(22)23)20-28(26)35-32(36-31)42-21-25-10-6-14-37(25)2/h3-5,7-9,11,24-25H,1,6,10,12,14-21H2,2H3. The van der Waals surface area contributed by atoms with E-state index in [1.807, 2.05) is 12.1 Å². The fraction of sp³-hybridized carbons (Fsp3) is 0.438. The molecule has 1 aromatic heterocycles. The number of likely N-dealkylation sites (N-methyl/N-ethyl adjacent to an activating group) is 1. The molecule has 2 fully saturated rings. The highest BCUT2D eigenvalue weighted by atomic mass is 35.5. The Kier molecular flexibility index (Phi) is 8.29. The second kappa shape index (κ2) is 12.3. The number of halogens is 1. The molecular formula is C32H36ClN7O2. The number of amides is 1. The number of carbonyl (C=O) groups excluding carboxylic acids is 1. The van der Waals surface area contributed by atoms with Gasteiger partial charge in [0, 0.05) is 61.3 Å². The van der Waals surface area contributed by atoms with Gasteiger partial charge in [-0.25, -0.2) is 0 Å². The summed E-state index contributed by atoms with van der Waals surface area (Å²) < 4.78 is 6.24. The summed E-state index contributed by atoms with van der Waals surface area (Å²) in [5.74, 6) is 0.689. The van der Waals surface area contributed by atoms with Crippen molar-refractivity contribution in [3.8, 4) is 12.1 Å². The molecule has 0 aliphatic carbocycles. The van der Waals surface area contributed by atoms with Crippen molar-refractivity contribution in [1.29, 1.82) is 5.26 Å². The van der Waals surface area contributed by atoms with Crippen LogP contribution in [0.5, 0.6) is 6.01 Å². The number of fused-ring (bicyclic) bond motifs is 2. The molecule has 6 rings (SSSR count).